The summed E-state index contributed by atoms with van der Waals surface area (Å²) in [4.78, 5) is 0. The van der Waals surface area contributed by atoms with Gasteiger partial charge >= 0.3 is 0 Å². The van der Waals surface area contributed by atoms with E-state index in [2.05, 4.69) is 6.92 Å². The van der Waals surface area contributed by atoms with Crippen LogP contribution in [0.1, 0.15) is 77.6 Å². The Morgan fingerprint density at radius 3 is 1.35 bits per heavy atom. The highest BCUT2D eigenvalue weighted by atomic mass is 35.7. The van der Waals surface area contributed by atoms with E-state index in [-0.39, 0.29) is 0 Å². The van der Waals surface area contributed by atoms with Gasteiger partial charge in [-0.15, -0.1) is 22.2 Å². The molecule has 104 valence electrons. The summed E-state index contributed by atoms with van der Waals surface area (Å²) >= 11 is 12.1. The molecule has 0 nitrogen and oxygen atoms in total. The lowest BCUT2D eigenvalue weighted by Crippen LogP contribution is -2.11. The molecule has 0 heterocycles. The van der Waals surface area contributed by atoms with Crippen LogP contribution in [0.5, 0.6) is 0 Å². The SMILES string of the molecule is CCCCCCCCCCCCC[Si](C)(Cl)Cl. The summed E-state index contributed by atoms with van der Waals surface area (Å²) in [5.74, 6) is 0. The average Bonchev–Trinajstić information content (AvgIpc) is 2.24. The molecule has 3 heteroatoms. The van der Waals surface area contributed by atoms with Crippen LogP contribution in [0.3, 0.4) is 0 Å². The second-order valence-corrected chi connectivity index (χ2v) is 13.6. The molecule has 0 saturated carbocycles. The van der Waals surface area contributed by atoms with Crippen LogP contribution in [0.2, 0.25) is 12.6 Å². The second kappa shape index (κ2) is 11.9. The normalized spacial score (nSPS) is 12.0. The van der Waals surface area contributed by atoms with E-state index >= 15 is 0 Å². The Balaban J connectivity index is 2.99. The zero-order chi connectivity index (χ0) is 13.0. The molecule has 0 atom stereocenters. The smallest absolute Gasteiger partial charge is 0.146 e. The summed E-state index contributed by atoms with van der Waals surface area (Å²) in [5, 5.41) is 0. The van der Waals surface area contributed by atoms with Crippen LogP contribution >= 0.6 is 22.2 Å². The van der Waals surface area contributed by atoms with Crippen molar-refractivity contribution in [2.75, 3.05) is 0 Å². The highest BCUT2D eigenvalue weighted by Crippen LogP contribution is 2.23. The topological polar surface area (TPSA) is 0 Å². The minimum atomic E-state index is -1.81. The van der Waals surface area contributed by atoms with Crippen molar-refractivity contribution in [1.82, 2.24) is 0 Å². The number of hydrogen-bond acceptors (Lipinski definition) is 0. The van der Waals surface area contributed by atoms with Gasteiger partial charge in [-0.3, -0.25) is 0 Å². The number of halogens is 2. The van der Waals surface area contributed by atoms with Gasteiger partial charge in [-0.25, -0.2) is 0 Å². The van der Waals surface area contributed by atoms with Crippen molar-refractivity contribution in [2.45, 2.75) is 90.1 Å². The molecular weight excluding hydrogens is 267 g/mol. The first-order chi connectivity index (χ1) is 8.06. The monoisotopic (exact) mass is 296 g/mol. The number of unbranched alkanes of at least 4 members (excludes halogenated alkanes) is 10. The van der Waals surface area contributed by atoms with Crippen LogP contribution in [0.15, 0.2) is 0 Å². The summed E-state index contributed by atoms with van der Waals surface area (Å²) in [6.07, 6.45) is 15.2. The predicted molar refractivity (Wildman–Crippen MR) is 84.6 cm³/mol. The Kier molecular flexibility index (Phi) is 12.4. The zero-order valence-electron chi connectivity index (χ0n) is 11.7. The van der Waals surface area contributed by atoms with E-state index in [0.717, 1.165) is 6.04 Å². The molecule has 0 amide bonds. The number of rotatable bonds is 12. The summed E-state index contributed by atoms with van der Waals surface area (Å²) in [6, 6.07) is 1.06. The molecule has 0 aromatic rings. The van der Waals surface area contributed by atoms with Crippen LogP contribution in [0, 0.1) is 0 Å². The third-order valence-electron chi connectivity index (χ3n) is 3.22. The largest absolute Gasteiger partial charge is 0.248 e. The summed E-state index contributed by atoms with van der Waals surface area (Å²) in [6.45, 7) is 2.49. The second-order valence-electron chi connectivity index (χ2n) is 5.36. The average molecular weight is 297 g/mol. The first-order valence-corrected chi connectivity index (χ1v) is 12.2. The van der Waals surface area contributed by atoms with Crippen molar-refractivity contribution >= 4 is 28.9 Å². The van der Waals surface area contributed by atoms with Crippen LogP contribution < -0.4 is 0 Å². The molecule has 0 saturated heterocycles. The van der Waals surface area contributed by atoms with Crippen molar-refractivity contribution in [2.24, 2.45) is 0 Å². The fourth-order valence-corrected chi connectivity index (χ4v) is 3.77. The van der Waals surface area contributed by atoms with Crippen LogP contribution in [0.25, 0.3) is 0 Å². The van der Waals surface area contributed by atoms with Gasteiger partial charge in [0.25, 0.3) is 0 Å². The predicted octanol–water partition coefficient (Wildman–Crippen LogP) is 6.85. The summed E-state index contributed by atoms with van der Waals surface area (Å²) in [5.41, 5.74) is 0. The van der Waals surface area contributed by atoms with E-state index in [4.69, 9.17) is 22.2 Å². The van der Waals surface area contributed by atoms with E-state index in [0.29, 0.717) is 0 Å². The van der Waals surface area contributed by atoms with E-state index in [1.165, 1.54) is 70.6 Å². The van der Waals surface area contributed by atoms with Gasteiger partial charge in [0.2, 0.25) is 6.69 Å². The molecule has 0 aliphatic heterocycles. The minimum absolute atomic E-state index is 1.06. The van der Waals surface area contributed by atoms with Crippen molar-refractivity contribution in [3.8, 4) is 0 Å². The van der Waals surface area contributed by atoms with Gasteiger partial charge in [-0.2, -0.15) is 0 Å². The molecule has 0 aliphatic rings. The molecule has 0 N–H and O–H groups in total. The maximum atomic E-state index is 6.06. The Labute approximate surface area is 119 Å². The third-order valence-corrected chi connectivity index (χ3v) is 5.58. The molecule has 0 aliphatic carbocycles. The molecular formula is C14H30Cl2Si. The van der Waals surface area contributed by atoms with Gasteiger partial charge in [-0.05, 0) is 12.6 Å². The summed E-state index contributed by atoms with van der Waals surface area (Å²) < 4.78 is 0. The van der Waals surface area contributed by atoms with Gasteiger partial charge in [0.15, 0.2) is 0 Å². The van der Waals surface area contributed by atoms with Crippen molar-refractivity contribution in [3.05, 3.63) is 0 Å². The highest BCUT2D eigenvalue weighted by molar-refractivity contribution is 7.44. The van der Waals surface area contributed by atoms with Crippen LogP contribution in [0.4, 0.5) is 0 Å². The molecule has 0 radical (unpaired) electrons. The fraction of sp³-hybridized carbons (Fsp3) is 1.00. The molecule has 0 aromatic heterocycles. The number of hydrogen-bond donors (Lipinski definition) is 0. The summed E-state index contributed by atoms with van der Waals surface area (Å²) in [7, 11) is 0. The molecule has 0 spiro atoms. The molecule has 0 rings (SSSR count). The quantitative estimate of drug-likeness (QED) is 0.210. The first-order valence-electron chi connectivity index (χ1n) is 7.44. The van der Waals surface area contributed by atoms with Crippen molar-refractivity contribution in [3.63, 3.8) is 0 Å². The van der Waals surface area contributed by atoms with Gasteiger partial charge in [0.1, 0.15) is 0 Å². The van der Waals surface area contributed by atoms with E-state index < -0.39 is 6.69 Å². The van der Waals surface area contributed by atoms with Crippen molar-refractivity contribution < 1.29 is 0 Å². The maximum absolute atomic E-state index is 6.06. The Morgan fingerprint density at radius 2 is 1.00 bits per heavy atom. The van der Waals surface area contributed by atoms with Gasteiger partial charge in [-0.1, -0.05) is 77.6 Å². The Bertz CT molecular complexity index is 155. The van der Waals surface area contributed by atoms with E-state index in [1.54, 1.807) is 0 Å². The highest BCUT2D eigenvalue weighted by Gasteiger charge is 2.19. The first kappa shape index (κ1) is 17.8. The molecule has 17 heavy (non-hydrogen) atoms. The molecule has 0 unspecified atom stereocenters. The lowest BCUT2D eigenvalue weighted by atomic mass is 10.1. The van der Waals surface area contributed by atoms with E-state index in [9.17, 15) is 0 Å². The van der Waals surface area contributed by atoms with Gasteiger partial charge in [0, 0.05) is 0 Å². The zero-order valence-corrected chi connectivity index (χ0v) is 14.3. The maximum Gasteiger partial charge on any atom is 0.248 e. The molecule has 0 aromatic carbocycles. The fourth-order valence-electron chi connectivity index (χ4n) is 2.10. The van der Waals surface area contributed by atoms with Crippen LogP contribution in [-0.4, -0.2) is 6.69 Å². The van der Waals surface area contributed by atoms with Gasteiger partial charge < -0.3 is 0 Å². The molecule has 0 fully saturated rings. The molecule has 0 bridgehead atoms. The van der Waals surface area contributed by atoms with E-state index in [1.807, 2.05) is 6.55 Å². The standard InChI is InChI=1S/C14H30Cl2Si/c1-3-4-5-6-7-8-9-10-11-12-13-14-17(2,15)16/h3-14H2,1-2H3. The minimum Gasteiger partial charge on any atom is -0.146 e. The van der Waals surface area contributed by atoms with Crippen molar-refractivity contribution in [1.29, 1.82) is 0 Å². The third kappa shape index (κ3) is 16.8. The Morgan fingerprint density at radius 1 is 0.647 bits per heavy atom. The lowest BCUT2D eigenvalue weighted by Gasteiger charge is -2.09. The Hall–Kier alpha value is 0.797. The van der Waals surface area contributed by atoms with Gasteiger partial charge in [0.05, 0.1) is 0 Å². The van der Waals surface area contributed by atoms with Crippen LogP contribution in [-0.2, 0) is 0 Å². The lowest BCUT2D eigenvalue weighted by molar-refractivity contribution is 0.554.